The smallest absolute Gasteiger partial charge is 0.251 e. The van der Waals surface area contributed by atoms with Crippen LogP contribution in [0, 0.1) is 6.92 Å². The molecule has 0 bridgehead atoms. The van der Waals surface area contributed by atoms with Gasteiger partial charge in [0.15, 0.2) is 5.96 Å². The molecule has 3 N–H and O–H groups in total. The molecule has 0 unspecified atom stereocenters. The molecule has 0 aliphatic carbocycles. The largest absolute Gasteiger partial charge is 0.444 e. The second kappa shape index (κ2) is 12.1. The van der Waals surface area contributed by atoms with E-state index in [2.05, 4.69) is 25.9 Å². The van der Waals surface area contributed by atoms with Crippen LogP contribution in [0.15, 0.2) is 64.2 Å². The highest BCUT2D eigenvalue weighted by molar-refractivity contribution is 14.0. The number of aliphatic imine (C=N–C) groups is 1. The molecule has 0 spiro atoms. The van der Waals surface area contributed by atoms with Gasteiger partial charge in [-0.2, -0.15) is 0 Å². The van der Waals surface area contributed by atoms with E-state index < -0.39 is 0 Å². The number of guanidine groups is 1. The first-order valence-electron chi connectivity index (χ1n) is 9.93. The fourth-order valence-electron chi connectivity index (χ4n) is 2.81. The van der Waals surface area contributed by atoms with E-state index in [1.54, 1.807) is 25.4 Å². The first kappa shape index (κ1) is 24.4. The zero-order chi connectivity index (χ0) is 21.3. The molecular weight excluding hydrogens is 505 g/mol. The summed E-state index contributed by atoms with van der Waals surface area (Å²) >= 11 is 0. The first-order chi connectivity index (χ1) is 14.6. The molecule has 8 heteroatoms. The molecule has 0 saturated heterocycles. The van der Waals surface area contributed by atoms with E-state index in [9.17, 15) is 4.79 Å². The average molecular weight is 533 g/mol. The average Bonchev–Trinajstić information content (AvgIpc) is 3.25. The van der Waals surface area contributed by atoms with Crippen molar-refractivity contribution < 1.29 is 9.21 Å². The van der Waals surface area contributed by atoms with Crippen LogP contribution >= 0.6 is 24.0 Å². The van der Waals surface area contributed by atoms with Gasteiger partial charge in [0.25, 0.3) is 5.91 Å². The van der Waals surface area contributed by atoms with Crippen molar-refractivity contribution >= 4 is 35.8 Å². The number of nitrogens with zero attached hydrogens (tertiary/aromatic N) is 2. The summed E-state index contributed by atoms with van der Waals surface area (Å²) in [5.74, 6) is 1.19. The number of halogens is 1. The monoisotopic (exact) mass is 533 g/mol. The molecule has 3 aromatic rings. The highest BCUT2D eigenvalue weighted by Gasteiger charge is 2.08. The summed E-state index contributed by atoms with van der Waals surface area (Å²) in [6, 6.07) is 15.5. The minimum atomic E-state index is -0.0994. The minimum absolute atomic E-state index is 0. The highest BCUT2D eigenvalue weighted by Crippen LogP contribution is 2.19. The number of aryl methyl sites for hydroxylation is 1. The van der Waals surface area contributed by atoms with Gasteiger partial charge in [-0.15, -0.1) is 24.0 Å². The molecule has 0 fully saturated rings. The zero-order valence-corrected chi connectivity index (χ0v) is 20.3. The van der Waals surface area contributed by atoms with Crippen LogP contribution in [0.3, 0.4) is 0 Å². The van der Waals surface area contributed by atoms with E-state index in [-0.39, 0.29) is 29.9 Å². The molecule has 7 nitrogen and oxygen atoms in total. The number of hydrogen-bond acceptors (Lipinski definition) is 4. The van der Waals surface area contributed by atoms with Crippen molar-refractivity contribution in [3.63, 3.8) is 0 Å². The molecule has 1 heterocycles. The molecule has 1 amide bonds. The molecule has 0 aliphatic heterocycles. The third-order valence-corrected chi connectivity index (χ3v) is 4.49. The number of aromatic nitrogens is 1. The summed E-state index contributed by atoms with van der Waals surface area (Å²) < 4.78 is 5.61. The number of carbonyl (C=O) groups is 1. The van der Waals surface area contributed by atoms with Crippen LogP contribution in [-0.2, 0) is 13.1 Å². The summed E-state index contributed by atoms with van der Waals surface area (Å²) in [5.41, 5.74) is 4.59. The lowest BCUT2D eigenvalue weighted by Crippen LogP contribution is -2.36. The highest BCUT2D eigenvalue weighted by atomic mass is 127. The number of rotatable bonds is 7. The van der Waals surface area contributed by atoms with Crippen LogP contribution in [0.2, 0.25) is 0 Å². The molecule has 0 radical (unpaired) electrons. The summed E-state index contributed by atoms with van der Waals surface area (Å²) in [6.45, 7) is 5.80. The fourth-order valence-corrected chi connectivity index (χ4v) is 2.81. The van der Waals surface area contributed by atoms with Gasteiger partial charge in [0, 0.05) is 24.7 Å². The third-order valence-electron chi connectivity index (χ3n) is 4.49. The van der Waals surface area contributed by atoms with E-state index in [1.807, 2.05) is 50.2 Å². The summed E-state index contributed by atoms with van der Waals surface area (Å²) in [5, 5.41) is 9.11. The second-order valence-electron chi connectivity index (χ2n) is 6.83. The summed E-state index contributed by atoms with van der Waals surface area (Å²) in [4.78, 5) is 20.8. The number of oxazole rings is 1. The van der Waals surface area contributed by atoms with Crippen LogP contribution in [0.5, 0.6) is 0 Å². The Balaban J connectivity index is 0.00000341. The maximum absolute atomic E-state index is 11.6. The van der Waals surface area contributed by atoms with Crippen LogP contribution in [0.25, 0.3) is 11.5 Å². The van der Waals surface area contributed by atoms with Crippen molar-refractivity contribution in [1.29, 1.82) is 0 Å². The Morgan fingerprint density at radius 2 is 1.77 bits per heavy atom. The molecule has 3 rings (SSSR count). The number of carbonyl (C=O) groups excluding carboxylic acids is 1. The first-order valence-corrected chi connectivity index (χ1v) is 9.93. The lowest BCUT2D eigenvalue weighted by molar-refractivity contribution is 0.0963. The van der Waals surface area contributed by atoms with Crippen molar-refractivity contribution in [1.82, 2.24) is 20.9 Å². The van der Waals surface area contributed by atoms with Crippen LogP contribution in [0.4, 0.5) is 0 Å². The lowest BCUT2D eigenvalue weighted by atomic mass is 10.1. The van der Waals surface area contributed by atoms with Gasteiger partial charge >= 0.3 is 0 Å². The molecule has 0 saturated carbocycles. The molecule has 2 aromatic carbocycles. The van der Waals surface area contributed by atoms with Crippen molar-refractivity contribution in [2.24, 2.45) is 4.99 Å². The van der Waals surface area contributed by atoms with Gasteiger partial charge in [-0.05, 0) is 43.7 Å². The second-order valence-corrected chi connectivity index (χ2v) is 6.83. The Morgan fingerprint density at radius 1 is 1.06 bits per heavy atom. The van der Waals surface area contributed by atoms with Gasteiger partial charge < -0.3 is 20.4 Å². The summed E-state index contributed by atoms with van der Waals surface area (Å²) in [7, 11) is 1.62. The van der Waals surface area contributed by atoms with Gasteiger partial charge in [-0.25, -0.2) is 9.98 Å². The predicted octanol–water partition coefficient (Wildman–Crippen LogP) is 3.88. The van der Waals surface area contributed by atoms with Gasteiger partial charge in [-0.3, -0.25) is 4.79 Å². The molecule has 164 valence electrons. The van der Waals surface area contributed by atoms with Gasteiger partial charge in [0.1, 0.15) is 6.26 Å². The van der Waals surface area contributed by atoms with E-state index in [1.165, 1.54) is 5.56 Å². The Bertz CT molecular complexity index is 998. The van der Waals surface area contributed by atoms with Crippen molar-refractivity contribution in [3.05, 3.63) is 77.2 Å². The van der Waals surface area contributed by atoms with Crippen molar-refractivity contribution in [3.8, 4) is 11.5 Å². The van der Waals surface area contributed by atoms with Crippen molar-refractivity contribution in [2.45, 2.75) is 26.9 Å². The van der Waals surface area contributed by atoms with E-state index in [4.69, 9.17) is 4.42 Å². The van der Waals surface area contributed by atoms with E-state index in [0.29, 0.717) is 30.5 Å². The quantitative estimate of drug-likeness (QED) is 0.244. The van der Waals surface area contributed by atoms with Gasteiger partial charge in [0.05, 0.1) is 18.8 Å². The molecule has 1 aromatic heterocycles. The number of nitrogens with one attached hydrogen (secondary N) is 3. The van der Waals surface area contributed by atoms with E-state index in [0.717, 1.165) is 23.4 Å². The lowest BCUT2D eigenvalue weighted by Gasteiger charge is -2.10. The minimum Gasteiger partial charge on any atom is -0.444 e. The predicted molar refractivity (Wildman–Crippen MR) is 134 cm³/mol. The number of benzene rings is 2. The summed E-state index contributed by atoms with van der Waals surface area (Å²) in [6.07, 6.45) is 1.66. The Morgan fingerprint density at radius 3 is 2.42 bits per heavy atom. The maximum atomic E-state index is 11.6. The normalized spacial score (nSPS) is 10.9. The van der Waals surface area contributed by atoms with Crippen LogP contribution in [0.1, 0.15) is 34.1 Å². The standard InChI is InChI=1S/C23H27N5O2.HI/c1-4-25-23(26-13-17-7-11-18(12-8-17)21(29)24-3)27-14-20-15-30-22(28-20)19-9-5-16(2)6-10-19;/h5-12,15H,4,13-14H2,1-3H3,(H,24,29)(H2,25,26,27);1H. The van der Waals surface area contributed by atoms with Gasteiger partial charge in [0.2, 0.25) is 5.89 Å². The van der Waals surface area contributed by atoms with Crippen LogP contribution < -0.4 is 16.0 Å². The number of hydrogen-bond donors (Lipinski definition) is 3. The topological polar surface area (TPSA) is 91.5 Å². The zero-order valence-electron chi connectivity index (χ0n) is 17.9. The number of amides is 1. The Kier molecular flexibility index (Phi) is 9.51. The van der Waals surface area contributed by atoms with E-state index >= 15 is 0 Å². The van der Waals surface area contributed by atoms with Crippen molar-refractivity contribution in [2.75, 3.05) is 13.6 Å². The molecule has 0 atom stereocenters. The van der Waals surface area contributed by atoms with Crippen LogP contribution in [-0.4, -0.2) is 30.4 Å². The SMILES string of the molecule is CCNC(=NCc1ccc(C(=O)NC)cc1)NCc1coc(-c2ccc(C)cc2)n1.I. The van der Waals surface area contributed by atoms with Gasteiger partial charge in [-0.1, -0.05) is 29.8 Å². The Hall–Kier alpha value is -2.88. The fraction of sp³-hybridized carbons (Fsp3) is 0.261. The maximum Gasteiger partial charge on any atom is 0.251 e. The Labute approximate surface area is 199 Å². The molecule has 31 heavy (non-hydrogen) atoms. The molecule has 0 aliphatic rings. The third kappa shape index (κ3) is 7.09. The molecular formula is C23H28IN5O2.